The molecule has 0 radical (unpaired) electrons. The molecule has 1 unspecified atom stereocenters. The highest BCUT2D eigenvalue weighted by molar-refractivity contribution is 6.31. The first-order valence-corrected chi connectivity index (χ1v) is 4.96. The number of halogens is 1. The summed E-state index contributed by atoms with van der Waals surface area (Å²) in [5, 5.41) is 19.5. The summed E-state index contributed by atoms with van der Waals surface area (Å²) in [5.41, 5.74) is 2.38. The molecule has 0 heterocycles. The molecule has 0 spiro atoms. The fraction of sp³-hybridized carbons (Fsp3) is 0.455. The molecule has 0 saturated heterocycles. The quantitative estimate of drug-likeness (QED) is 0.795. The number of aliphatic hydroxyl groups excluding tert-OH is 1. The SMILES string of the molecule is Cc1cc(Cl)c(C)c(O)c1C(C)CO. The van der Waals surface area contributed by atoms with Crippen molar-refractivity contribution in [2.75, 3.05) is 6.61 Å². The second-order valence-electron chi connectivity index (χ2n) is 3.65. The van der Waals surface area contributed by atoms with Crippen molar-refractivity contribution in [1.29, 1.82) is 0 Å². The van der Waals surface area contributed by atoms with Crippen LogP contribution in [-0.4, -0.2) is 16.8 Å². The van der Waals surface area contributed by atoms with Crippen molar-refractivity contribution in [2.45, 2.75) is 26.7 Å². The van der Waals surface area contributed by atoms with Crippen LogP contribution in [0.3, 0.4) is 0 Å². The zero-order chi connectivity index (χ0) is 10.9. The number of aromatic hydroxyl groups is 1. The predicted molar refractivity (Wildman–Crippen MR) is 58.1 cm³/mol. The molecule has 1 aromatic carbocycles. The van der Waals surface area contributed by atoms with E-state index in [-0.39, 0.29) is 18.3 Å². The molecule has 0 aromatic heterocycles. The van der Waals surface area contributed by atoms with Crippen molar-refractivity contribution >= 4 is 11.6 Å². The second kappa shape index (κ2) is 4.20. The maximum Gasteiger partial charge on any atom is 0.123 e. The molecule has 0 bridgehead atoms. The van der Waals surface area contributed by atoms with Gasteiger partial charge in [0.1, 0.15) is 5.75 Å². The summed E-state index contributed by atoms with van der Waals surface area (Å²) < 4.78 is 0. The van der Waals surface area contributed by atoms with E-state index in [1.54, 1.807) is 6.92 Å². The average molecular weight is 215 g/mol. The number of rotatable bonds is 2. The van der Waals surface area contributed by atoms with Crippen molar-refractivity contribution in [3.8, 4) is 5.75 Å². The van der Waals surface area contributed by atoms with Crippen LogP contribution in [0.25, 0.3) is 0 Å². The molecular formula is C11H15ClO2. The molecule has 0 aliphatic carbocycles. The lowest BCUT2D eigenvalue weighted by atomic mass is 9.94. The van der Waals surface area contributed by atoms with Gasteiger partial charge in [-0.3, -0.25) is 0 Å². The molecule has 0 saturated carbocycles. The molecule has 2 nitrogen and oxygen atoms in total. The molecule has 0 aliphatic rings. The van der Waals surface area contributed by atoms with Crippen LogP contribution in [-0.2, 0) is 0 Å². The van der Waals surface area contributed by atoms with Crippen molar-refractivity contribution in [3.05, 3.63) is 27.8 Å². The van der Waals surface area contributed by atoms with E-state index < -0.39 is 0 Å². The molecule has 0 aliphatic heterocycles. The highest BCUT2D eigenvalue weighted by Gasteiger charge is 2.16. The number of phenolic OH excluding ortho intramolecular Hbond substituents is 1. The van der Waals surface area contributed by atoms with Crippen LogP contribution >= 0.6 is 11.6 Å². The summed E-state index contributed by atoms with van der Waals surface area (Å²) in [5.74, 6) is 0.141. The Bertz CT molecular complexity index is 348. The summed E-state index contributed by atoms with van der Waals surface area (Å²) in [6, 6.07) is 1.82. The topological polar surface area (TPSA) is 40.5 Å². The zero-order valence-corrected chi connectivity index (χ0v) is 9.39. The van der Waals surface area contributed by atoms with Gasteiger partial charge in [-0.1, -0.05) is 18.5 Å². The van der Waals surface area contributed by atoms with E-state index in [4.69, 9.17) is 16.7 Å². The Balaban J connectivity index is 3.36. The Labute approximate surface area is 89.1 Å². The number of hydrogen-bond donors (Lipinski definition) is 2. The van der Waals surface area contributed by atoms with E-state index in [1.807, 2.05) is 19.9 Å². The van der Waals surface area contributed by atoms with Crippen LogP contribution in [0.15, 0.2) is 6.07 Å². The van der Waals surface area contributed by atoms with Crippen molar-refractivity contribution in [1.82, 2.24) is 0 Å². The molecule has 14 heavy (non-hydrogen) atoms. The minimum absolute atomic E-state index is 0.0233. The first kappa shape index (κ1) is 11.3. The molecule has 0 fully saturated rings. The Hall–Kier alpha value is -0.730. The minimum Gasteiger partial charge on any atom is -0.507 e. The van der Waals surface area contributed by atoms with Crippen molar-refractivity contribution < 1.29 is 10.2 Å². The molecule has 1 atom stereocenters. The van der Waals surface area contributed by atoms with E-state index in [1.165, 1.54) is 0 Å². The monoisotopic (exact) mass is 214 g/mol. The molecule has 1 aromatic rings. The first-order valence-electron chi connectivity index (χ1n) is 4.58. The first-order chi connectivity index (χ1) is 6.49. The van der Waals surface area contributed by atoms with Gasteiger partial charge in [0.2, 0.25) is 0 Å². The minimum atomic E-state index is -0.0639. The summed E-state index contributed by atoms with van der Waals surface area (Å²) in [4.78, 5) is 0. The zero-order valence-electron chi connectivity index (χ0n) is 8.63. The van der Waals surface area contributed by atoms with Gasteiger partial charge in [-0.15, -0.1) is 0 Å². The normalized spacial score (nSPS) is 12.9. The number of hydrogen-bond acceptors (Lipinski definition) is 2. The standard InChI is InChI=1S/C11H15ClO2/c1-6-4-9(12)8(3)11(14)10(6)7(2)5-13/h4,7,13-14H,5H2,1-3H3. The lowest BCUT2D eigenvalue weighted by Crippen LogP contribution is -2.03. The van der Waals surface area contributed by atoms with Gasteiger partial charge >= 0.3 is 0 Å². The largest absolute Gasteiger partial charge is 0.507 e. The smallest absolute Gasteiger partial charge is 0.123 e. The summed E-state index contributed by atoms with van der Waals surface area (Å²) in [6.45, 7) is 5.54. The Morgan fingerprint density at radius 1 is 1.43 bits per heavy atom. The van der Waals surface area contributed by atoms with Crippen LogP contribution in [0.4, 0.5) is 0 Å². The third-order valence-electron chi connectivity index (χ3n) is 2.50. The predicted octanol–water partition coefficient (Wildman–Crippen LogP) is 2.76. The molecule has 78 valence electrons. The Morgan fingerprint density at radius 3 is 2.50 bits per heavy atom. The fourth-order valence-corrected chi connectivity index (χ4v) is 1.84. The van der Waals surface area contributed by atoms with Crippen molar-refractivity contribution in [2.24, 2.45) is 0 Å². The number of phenols is 1. The van der Waals surface area contributed by atoms with E-state index >= 15 is 0 Å². The average Bonchev–Trinajstić information content (AvgIpc) is 2.14. The van der Waals surface area contributed by atoms with Crippen LogP contribution in [0.2, 0.25) is 5.02 Å². The van der Waals surface area contributed by atoms with E-state index in [0.717, 1.165) is 11.1 Å². The maximum absolute atomic E-state index is 9.87. The van der Waals surface area contributed by atoms with Crippen LogP contribution < -0.4 is 0 Å². The summed E-state index contributed by atoms with van der Waals surface area (Å²) >= 11 is 5.92. The van der Waals surface area contributed by atoms with Crippen LogP contribution in [0.1, 0.15) is 29.5 Å². The highest BCUT2D eigenvalue weighted by Crippen LogP contribution is 2.35. The molecule has 2 N–H and O–H groups in total. The van der Waals surface area contributed by atoms with Gasteiger partial charge in [-0.2, -0.15) is 0 Å². The van der Waals surface area contributed by atoms with E-state index in [0.29, 0.717) is 10.6 Å². The maximum atomic E-state index is 9.87. The Kier molecular flexibility index (Phi) is 3.40. The lowest BCUT2D eigenvalue weighted by molar-refractivity contribution is 0.270. The van der Waals surface area contributed by atoms with Crippen LogP contribution in [0.5, 0.6) is 5.75 Å². The number of benzene rings is 1. The van der Waals surface area contributed by atoms with Gasteiger partial charge in [0.25, 0.3) is 0 Å². The molecule has 3 heteroatoms. The summed E-state index contributed by atoms with van der Waals surface area (Å²) in [7, 11) is 0. The fourth-order valence-electron chi connectivity index (χ4n) is 1.59. The van der Waals surface area contributed by atoms with Gasteiger partial charge in [-0.25, -0.2) is 0 Å². The number of aryl methyl sites for hydroxylation is 1. The third-order valence-corrected chi connectivity index (χ3v) is 2.90. The van der Waals surface area contributed by atoms with Gasteiger partial charge in [-0.05, 0) is 25.5 Å². The second-order valence-corrected chi connectivity index (χ2v) is 4.05. The summed E-state index contributed by atoms with van der Waals surface area (Å²) in [6.07, 6.45) is 0. The molecule has 0 amide bonds. The number of aliphatic hydroxyl groups is 1. The van der Waals surface area contributed by atoms with Crippen LogP contribution in [0, 0.1) is 13.8 Å². The van der Waals surface area contributed by atoms with E-state index in [2.05, 4.69) is 0 Å². The van der Waals surface area contributed by atoms with Gasteiger partial charge in [0, 0.05) is 28.7 Å². The lowest BCUT2D eigenvalue weighted by Gasteiger charge is -2.16. The Morgan fingerprint density at radius 2 is 2.00 bits per heavy atom. The third kappa shape index (κ3) is 1.86. The van der Waals surface area contributed by atoms with Gasteiger partial charge < -0.3 is 10.2 Å². The molecular weight excluding hydrogens is 200 g/mol. The van der Waals surface area contributed by atoms with E-state index in [9.17, 15) is 5.11 Å². The van der Waals surface area contributed by atoms with Gasteiger partial charge in [0.15, 0.2) is 0 Å². The van der Waals surface area contributed by atoms with Crippen molar-refractivity contribution in [3.63, 3.8) is 0 Å². The highest BCUT2D eigenvalue weighted by atomic mass is 35.5. The van der Waals surface area contributed by atoms with Gasteiger partial charge in [0.05, 0.1) is 0 Å². The molecule has 1 rings (SSSR count).